The van der Waals surface area contributed by atoms with E-state index in [4.69, 9.17) is 10.5 Å². The molecule has 4 rings (SSSR count). The summed E-state index contributed by atoms with van der Waals surface area (Å²) in [5, 5.41) is 0. The van der Waals surface area contributed by atoms with Crippen molar-refractivity contribution in [1.29, 1.82) is 0 Å². The van der Waals surface area contributed by atoms with Crippen molar-refractivity contribution >= 4 is 5.82 Å². The van der Waals surface area contributed by atoms with Gasteiger partial charge >= 0.3 is 0 Å². The number of nitrogens with zero attached hydrogens (tertiary/aromatic N) is 4. The van der Waals surface area contributed by atoms with Crippen LogP contribution < -0.4 is 10.5 Å². The van der Waals surface area contributed by atoms with E-state index in [2.05, 4.69) is 19.9 Å². The summed E-state index contributed by atoms with van der Waals surface area (Å²) in [6, 6.07) is 13.9. The van der Waals surface area contributed by atoms with E-state index in [1.165, 1.54) is 12.3 Å². The molecule has 2 aromatic heterocycles. The van der Waals surface area contributed by atoms with Gasteiger partial charge in [0.25, 0.3) is 0 Å². The van der Waals surface area contributed by atoms with Crippen LogP contribution in [0.1, 0.15) is 5.82 Å². The molecule has 6 nitrogen and oxygen atoms in total. The summed E-state index contributed by atoms with van der Waals surface area (Å²) in [6.45, 7) is 1.74. The van der Waals surface area contributed by atoms with Crippen LogP contribution in [0.25, 0.3) is 22.4 Å². The molecule has 138 valence electrons. The van der Waals surface area contributed by atoms with Crippen LogP contribution >= 0.6 is 0 Å². The molecule has 28 heavy (non-hydrogen) atoms. The fourth-order valence-electron chi connectivity index (χ4n) is 2.74. The first-order valence-electron chi connectivity index (χ1n) is 8.54. The number of aromatic nitrogens is 4. The zero-order valence-electron chi connectivity index (χ0n) is 15.0. The Bertz CT molecular complexity index is 1110. The van der Waals surface area contributed by atoms with Gasteiger partial charge in [0.2, 0.25) is 5.88 Å². The number of hydrogen-bond acceptors (Lipinski definition) is 6. The Morgan fingerprint density at radius 2 is 1.68 bits per heavy atom. The average Bonchev–Trinajstić information content (AvgIpc) is 2.70. The molecule has 0 saturated carbocycles. The van der Waals surface area contributed by atoms with Crippen LogP contribution in [0.5, 0.6) is 11.6 Å². The summed E-state index contributed by atoms with van der Waals surface area (Å²) < 4.78 is 20.2. The fourth-order valence-corrected chi connectivity index (χ4v) is 2.74. The molecule has 0 fully saturated rings. The van der Waals surface area contributed by atoms with Crippen LogP contribution in [0.3, 0.4) is 0 Å². The second-order valence-electron chi connectivity index (χ2n) is 6.06. The van der Waals surface area contributed by atoms with Gasteiger partial charge in [0.15, 0.2) is 11.6 Å². The zero-order valence-corrected chi connectivity index (χ0v) is 15.0. The highest BCUT2D eigenvalue weighted by molar-refractivity contribution is 5.73. The standard InChI is InChI=1S/C21H16FN5O/c1-13-24-10-9-20(27-13)28-21-16(3-2-4-17(21)22)14-5-7-15(8-6-14)18-11-26-19(23)12-25-18/h2-12H,1H3,(H2,23,26). The molecule has 0 amide bonds. The lowest BCUT2D eigenvalue weighted by Gasteiger charge is -2.12. The fraction of sp³-hybridized carbons (Fsp3) is 0.0476. The predicted octanol–water partition coefficient (Wildman–Crippen LogP) is 4.42. The van der Waals surface area contributed by atoms with Crippen molar-refractivity contribution in [2.45, 2.75) is 6.92 Å². The van der Waals surface area contributed by atoms with E-state index >= 15 is 0 Å². The summed E-state index contributed by atoms with van der Waals surface area (Å²) in [4.78, 5) is 16.5. The smallest absolute Gasteiger partial charge is 0.222 e. The van der Waals surface area contributed by atoms with Gasteiger partial charge in [0.05, 0.1) is 18.1 Å². The van der Waals surface area contributed by atoms with E-state index in [1.54, 1.807) is 37.5 Å². The summed E-state index contributed by atoms with van der Waals surface area (Å²) in [7, 11) is 0. The van der Waals surface area contributed by atoms with Gasteiger partial charge in [-0.05, 0) is 18.6 Å². The molecule has 0 saturated heterocycles. The van der Waals surface area contributed by atoms with Gasteiger partial charge in [0.1, 0.15) is 11.6 Å². The molecule has 0 aliphatic rings. The molecule has 0 radical (unpaired) electrons. The SMILES string of the molecule is Cc1nccc(Oc2c(F)cccc2-c2ccc(-c3cnc(N)cn3)cc2)n1. The zero-order chi connectivity index (χ0) is 19.5. The van der Waals surface area contributed by atoms with Gasteiger partial charge in [-0.1, -0.05) is 36.4 Å². The number of ether oxygens (including phenoxy) is 1. The first kappa shape index (κ1) is 17.5. The third-order valence-electron chi connectivity index (χ3n) is 4.09. The highest BCUT2D eigenvalue weighted by Gasteiger charge is 2.14. The Morgan fingerprint density at radius 3 is 2.39 bits per heavy atom. The number of para-hydroxylation sites is 1. The topological polar surface area (TPSA) is 86.8 Å². The number of hydrogen-bond donors (Lipinski definition) is 1. The second kappa shape index (κ2) is 7.40. The van der Waals surface area contributed by atoms with Gasteiger partial charge in [-0.25, -0.2) is 14.4 Å². The summed E-state index contributed by atoms with van der Waals surface area (Å²) in [5.74, 6) is 0.835. The lowest BCUT2D eigenvalue weighted by molar-refractivity contribution is 0.427. The summed E-state index contributed by atoms with van der Waals surface area (Å²) in [5.41, 5.74) is 8.57. The number of benzene rings is 2. The third kappa shape index (κ3) is 3.64. The van der Waals surface area contributed by atoms with Gasteiger partial charge in [-0.3, -0.25) is 4.98 Å². The largest absolute Gasteiger partial charge is 0.435 e. The summed E-state index contributed by atoms with van der Waals surface area (Å²) >= 11 is 0. The first-order valence-corrected chi connectivity index (χ1v) is 8.54. The monoisotopic (exact) mass is 373 g/mol. The van der Waals surface area contributed by atoms with Crippen LogP contribution in [0.2, 0.25) is 0 Å². The van der Waals surface area contributed by atoms with Gasteiger partial charge < -0.3 is 10.5 Å². The molecule has 2 aromatic carbocycles. The number of rotatable bonds is 4. The molecule has 0 spiro atoms. The van der Waals surface area contributed by atoms with Crippen molar-refractivity contribution in [3.63, 3.8) is 0 Å². The molecule has 0 aliphatic heterocycles. The molecule has 0 aliphatic carbocycles. The minimum atomic E-state index is -0.470. The van der Waals surface area contributed by atoms with Crippen LogP contribution in [-0.2, 0) is 0 Å². The Morgan fingerprint density at radius 1 is 0.893 bits per heavy atom. The maximum atomic E-state index is 14.5. The Kier molecular flexibility index (Phi) is 4.63. The maximum absolute atomic E-state index is 14.5. The highest BCUT2D eigenvalue weighted by atomic mass is 19.1. The third-order valence-corrected chi connectivity index (χ3v) is 4.09. The Hall–Kier alpha value is -3.87. The van der Waals surface area contributed by atoms with Gasteiger partial charge in [-0.15, -0.1) is 0 Å². The van der Waals surface area contributed by atoms with E-state index in [0.717, 1.165) is 11.1 Å². The lowest BCUT2D eigenvalue weighted by Crippen LogP contribution is -1.96. The number of nitrogens with two attached hydrogens (primary N) is 1. The molecule has 2 heterocycles. The Balaban J connectivity index is 1.69. The number of halogens is 1. The van der Waals surface area contributed by atoms with Crippen LogP contribution in [0.15, 0.2) is 67.1 Å². The molecule has 7 heteroatoms. The van der Waals surface area contributed by atoms with Crippen LogP contribution in [0, 0.1) is 12.7 Å². The molecule has 4 aromatic rings. The molecule has 0 bridgehead atoms. The van der Waals surface area contributed by atoms with E-state index in [1.807, 2.05) is 24.3 Å². The Labute approximate surface area is 160 Å². The van der Waals surface area contributed by atoms with Crippen molar-refractivity contribution in [1.82, 2.24) is 19.9 Å². The highest BCUT2D eigenvalue weighted by Crippen LogP contribution is 2.35. The first-order chi connectivity index (χ1) is 13.6. The van der Waals surface area contributed by atoms with E-state index < -0.39 is 5.82 Å². The van der Waals surface area contributed by atoms with E-state index in [9.17, 15) is 4.39 Å². The predicted molar refractivity (Wildman–Crippen MR) is 104 cm³/mol. The normalized spacial score (nSPS) is 10.6. The molecule has 2 N–H and O–H groups in total. The quantitative estimate of drug-likeness (QED) is 0.570. The van der Waals surface area contributed by atoms with E-state index in [-0.39, 0.29) is 11.6 Å². The van der Waals surface area contributed by atoms with Crippen molar-refractivity contribution in [2.24, 2.45) is 0 Å². The lowest BCUT2D eigenvalue weighted by atomic mass is 10.0. The number of nitrogen functional groups attached to an aromatic ring is 1. The van der Waals surface area contributed by atoms with Crippen molar-refractivity contribution in [2.75, 3.05) is 5.73 Å². The van der Waals surface area contributed by atoms with Gasteiger partial charge in [-0.2, -0.15) is 4.98 Å². The van der Waals surface area contributed by atoms with Gasteiger partial charge in [0, 0.05) is 23.4 Å². The molecule has 0 atom stereocenters. The molecular formula is C21H16FN5O. The maximum Gasteiger partial charge on any atom is 0.222 e. The van der Waals surface area contributed by atoms with Crippen molar-refractivity contribution < 1.29 is 9.13 Å². The van der Waals surface area contributed by atoms with Crippen LogP contribution in [0.4, 0.5) is 10.2 Å². The average molecular weight is 373 g/mol. The second-order valence-corrected chi connectivity index (χ2v) is 6.06. The minimum Gasteiger partial charge on any atom is -0.435 e. The van der Waals surface area contributed by atoms with E-state index in [0.29, 0.717) is 22.9 Å². The van der Waals surface area contributed by atoms with Crippen LogP contribution in [-0.4, -0.2) is 19.9 Å². The minimum absolute atomic E-state index is 0.112. The van der Waals surface area contributed by atoms with Crippen molar-refractivity contribution in [3.8, 4) is 34.0 Å². The number of anilines is 1. The molecule has 0 unspecified atom stereocenters. The molecular weight excluding hydrogens is 357 g/mol. The number of aryl methyl sites for hydroxylation is 1. The summed E-state index contributed by atoms with van der Waals surface area (Å²) in [6.07, 6.45) is 4.69. The van der Waals surface area contributed by atoms with Crippen molar-refractivity contribution in [3.05, 3.63) is 78.8 Å².